The number of thiophene rings is 1. The summed E-state index contributed by atoms with van der Waals surface area (Å²) < 4.78 is 13.0. The zero-order valence-electron chi connectivity index (χ0n) is 9.31. The van der Waals surface area contributed by atoms with Gasteiger partial charge in [0.25, 0.3) is 5.91 Å². The summed E-state index contributed by atoms with van der Waals surface area (Å²) in [5, 5.41) is 4.79. The lowest BCUT2D eigenvalue weighted by Gasteiger charge is -2.12. The number of amides is 1. The van der Waals surface area contributed by atoms with Gasteiger partial charge in [0.1, 0.15) is 5.82 Å². The highest BCUT2D eigenvalue weighted by atomic mass is 32.1. The molecule has 88 valence electrons. The molecule has 1 aromatic heterocycles. The Bertz CT molecular complexity index is 510. The maximum atomic E-state index is 13.0. The van der Waals surface area contributed by atoms with Crippen molar-refractivity contribution in [2.24, 2.45) is 0 Å². The monoisotopic (exact) mass is 249 g/mol. The second-order valence-corrected chi connectivity index (χ2v) is 4.70. The first-order valence-corrected chi connectivity index (χ1v) is 6.14. The first-order valence-electron chi connectivity index (χ1n) is 5.26. The van der Waals surface area contributed by atoms with Crippen molar-refractivity contribution >= 4 is 17.2 Å². The molecule has 0 aliphatic carbocycles. The molecule has 1 aromatic carbocycles. The summed E-state index contributed by atoms with van der Waals surface area (Å²) in [6.07, 6.45) is 0. The zero-order chi connectivity index (χ0) is 12.3. The van der Waals surface area contributed by atoms with Crippen molar-refractivity contribution in [3.05, 3.63) is 58.0 Å². The van der Waals surface area contributed by atoms with Crippen LogP contribution < -0.4 is 5.32 Å². The molecule has 4 heteroatoms. The second kappa shape index (κ2) is 5.10. The normalized spacial score (nSPS) is 12.1. The van der Waals surface area contributed by atoms with Gasteiger partial charge < -0.3 is 5.32 Å². The molecule has 2 nitrogen and oxygen atoms in total. The van der Waals surface area contributed by atoms with Gasteiger partial charge in [-0.3, -0.25) is 4.79 Å². The number of carbonyl (C=O) groups is 1. The number of halogens is 1. The fraction of sp³-hybridized carbons (Fsp3) is 0.154. The summed E-state index contributed by atoms with van der Waals surface area (Å²) in [5.41, 5.74) is 0.341. The van der Waals surface area contributed by atoms with Crippen molar-refractivity contribution < 1.29 is 9.18 Å². The number of carbonyl (C=O) groups excluding carboxylic acids is 1. The summed E-state index contributed by atoms with van der Waals surface area (Å²) in [6.45, 7) is 1.91. The third-order valence-electron chi connectivity index (χ3n) is 2.40. The first kappa shape index (κ1) is 11.8. The minimum absolute atomic E-state index is 0.0641. The van der Waals surface area contributed by atoms with Crippen molar-refractivity contribution in [3.8, 4) is 0 Å². The van der Waals surface area contributed by atoms with E-state index in [-0.39, 0.29) is 11.9 Å². The van der Waals surface area contributed by atoms with Gasteiger partial charge in [-0.15, -0.1) is 11.3 Å². The molecule has 0 saturated carbocycles. The average molecular weight is 249 g/mol. The zero-order valence-corrected chi connectivity index (χ0v) is 10.1. The largest absolute Gasteiger partial charge is 0.345 e. The van der Waals surface area contributed by atoms with Crippen LogP contribution >= 0.6 is 11.3 Å². The fourth-order valence-electron chi connectivity index (χ4n) is 1.52. The highest BCUT2D eigenvalue weighted by Crippen LogP contribution is 2.18. The van der Waals surface area contributed by atoms with Gasteiger partial charge in [0, 0.05) is 10.4 Å². The van der Waals surface area contributed by atoms with Gasteiger partial charge in [0.2, 0.25) is 0 Å². The Balaban J connectivity index is 2.07. The minimum Gasteiger partial charge on any atom is -0.345 e. The predicted octanol–water partition coefficient (Wildman–Crippen LogP) is 3.38. The molecule has 0 saturated heterocycles. The van der Waals surface area contributed by atoms with E-state index in [0.717, 1.165) is 4.88 Å². The number of nitrogens with one attached hydrogen (secondary N) is 1. The second-order valence-electron chi connectivity index (χ2n) is 3.72. The smallest absolute Gasteiger partial charge is 0.251 e. The van der Waals surface area contributed by atoms with Gasteiger partial charge in [-0.05, 0) is 36.6 Å². The summed E-state index contributed by atoms with van der Waals surface area (Å²) >= 11 is 1.58. The lowest BCUT2D eigenvalue weighted by atomic mass is 10.2. The predicted molar refractivity (Wildman–Crippen MR) is 66.6 cm³/mol. The Morgan fingerprint density at radius 2 is 2.18 bits per heavy atom. The van der Waals surface area contributed by atoms with Gasteiger partial charge in [0.15, 0.2) is 0 Å². The molecule has 1 N–H and O–H groups in total. The molecular formula is C13H12FNOS. The van der Waals surface area contributed by atoms with Crippen LogP contribution in [0.2, 0.25) is 0 Å². The highest BCUT2D eigenvalue weighted by molar-refractivity contribution is 7.10. The summed E-state index contributed by atoms with van der Waals surface area (Å²) in [5.74, 6) is -0.660. The standard InChI is InChI=1S/C13H12FNOS/c1-9(12-6-3-7-17-12)15-13(16)10-4-2-5-11(14)8-10/h2-9H,1H3,(H,15,16)/t9-/m0/s1. The number of hydrogen-bond donors (Lipinski definition) is 1. The first-order chi connectivity index (χ1) is 8.16. The Hall–Kier alpha value is -1.68. The fourth-order valence-corrected chi connectivity index (χ4v) is 2.25. The van der Waals surface area contributed by atoms with Crippen molar-refractivity contribution in [2.45, 2.75) is 13.0 Å². The Morgan fingerprint density at radius 1 is 1.35 bits per heavy atom. The van der Waals surface area contributed by atoms with Crippen LogP contribution in [0.1, 0.15) is 28.2 Å². The summed E-state index contributed by atoms with van der Waals surface area (Å²) in [6, 6.07) is 9.51. The minimum atomic E-state index is -0.401. The molecule has 1 heterocycles. The van der Waals surface area contributed by atoms with Crippen molar-refractivity contribution in [1.82, 2.24) is 5.32 Å². The van der Waals surface area contributed by atoms with E-state index in [1.54, 1.807) is 17.4 Å². The molecule has 0 fully saturated rings. The third kappa shape index (κ3) is 2.91. The molecular weight excluding hydrogens is 237 g/mol. The van der Waals surface area contributed by atoms with E-state index in [2.05, 4.69) is 5.32 Å². The van der Waals surface area contributed by atoms with Crippen molar-refractivity contribution in [2.75, 3.05) is 0 Å². The van der Waals surface area contributed by atoms with Crippen LogP contribution in [-0.4, -0.2) is 5.91 Å². The number of hydrogen-bond acceptors (Lipinski definition) is 2. The SMILES string of the molecule is C[C@H](NC(=O)c1cccc(F)c1)c1cccs1. The molecule has 1 atom stereocenters. The van der Waals surface area contributed by atoms with E-state index in [9.17, 15) is 9.18 Å². The summed E-state index contributed by atoms with van der Waals surface area (Å²) in [4.78, 5) is 12.9. The Labute approximate surface area is 103 Å². The van der Waals surface area contributed by atoms with E-state index < -0.39 is 5.82 Å². The van der Waals surface area contributed by atoms with Crippen LogP contribution in [0, 0.1) is 5.82 Å². The van der Waals surface area contributed by atoms with Crippen LogP contribution in [0.3, 0.4) is 0 Å². The van der Waals surface area contributed by atoms with Crippen LogP contribution in [0.15, 0.2) is 41.8 Å². The van der Waals surface area contributed by atoms with E-state index in [1.807, 2.05) is 24.4 Å². The lowest BCUT2D eigenvalue weighted by molar-refractivity contribution is 0.0940. The molecule has 2 rings (SSSR count). The van der Waals surface area contributed by atoms with Crippen molar-refractivity contribution in [3.63, 3.8) is 0 Å². The van der Waals surface area contributed by atoms with Crippen LogP contribution in [0.5, 0.6) is 0 Å². The molecule has 0 aliphatic heterocycles. The average Bonchev–Trinajstić information content (AvgIpc) is 2.82. The molecule has 0 radical (unpaired) electrons. The maximum absolute atomic E-state index is 13.0. The van der Waals surface area contributed by atoms with E-state index >= 15 is 0 Å². The van der Waals surface area contributed by atoms with Gasteiger partial charge in [-0.2, -0.15) is 0 Å². The molecule has 2 aromatic rings. The highest BCUT2D eigenvalue weighted by Gasteiger charge is 2.12. The Morgan fingerprint density at radius 3 is 2.82 bits per heavy atom. The van der Waals surface area contributed by atoms with Crippen LogP contribution in [-0.2, 0) is 0 Å². The van der Waals surface area contributed by atoms with Gasteiger partial charge in [-0.25, -0.2) is 4.39 Å². The molecule has 0 unspecified atom stereocenters. The molecule has 0 spiro atoms. The maximum Gasteiger partial charge on any atom is 0.251 e. The van der Waals surface area contributed by atoms with Crippen molar-refractivity contribution in [1.29, 1.82) is 0 Å². The summed E-state index contributed by atoms with van der Waals surface area (Å²) in [7, 11) is 0. The Kier molecular flexibility index (Phi) is 3.54. The molecule has 0 aliphatic rings. The van der Waals surface area contributed by atoms with Crippen LogP contribution in [0.4, 0.5) is 4.39 Å². The van der Waals surface area contributed by atoms with Gasteiger partial charge >= 0.3 is 0 Å². The molecule has 0 bridgehead atoms. The topological polar surface area (TPSA) is 29.1 Å². The van der Waals surface area contributed by atoms with E-state index in [1.165, 1.54) is 18.2 Å². The van der Waals surface area contributed by atoms with E-state index in [0.29, 0.717) is 5.56 Å². The number of rotatable bonds is 3. The third-order valence-corrected chi connectivity index (χ3v) is 3.46. The molecule has 1 amide bonds. The van der Waals surface area contributed by atoms with Crippen LogP contribution in [0.25, 0.3) is 0 Å². The lowest BCUT2D eigenvalue weighted by Crippen LogP contribution is -2.26. The molecule has 17 heavy (non-hydrogen) atoms. The quantitative estimate of drug-likeness (QED) is 0.887. The van der Waals surface area contributed by atoms with Gasteiger partial charge in [0.05, 0.1) is 6.04 Å². The number of benzene rings is 1. The van der Waals surface area contributed by atoms with E-state index in [4.69, 9.17) is 0 Å². The van der Waals surface area contributed by atoms with Gasteiger partial charge in [-0.1, -0.05) is 12.1 Å².